The molecule has 0 aliphatic rings. The molecule has 0 fully saturated rings. The lowest BCUT2D eigenvalue weighted by Gasteiger charge is -2.15. The molecule has 0 saturated carbocycles. The van der Waals surface area contributed by atoms with Crippen molar-refractivity contribution in [2.45, 2.75) is 39.3 Å². The van der Waals surface area contributed by atoms with Gasteiger partial charge in [0.1, 0.15) is 0 Å². The molecule has 0 saturated heterocycles. The quantitative estimate of drug-likeness (QED) is 0.809. The van der Waals surface area contributed by atoms with Gasteiger partial charge in [-0.1, -0.05) is 19.9 Å². The van der Waals surface area contributed by atoms with Gasteiger partial charge in [0.15, 0.2) is 0 Å². The molecule has 2 rings (SSSR count). The van der Waals surface area contributed by atoms with Crippen molar-refractivity contribution in [2.24, 2.45) is 0 Å². The van der Waals surface area contributed by atoms with Gasteiger partial charge in [0.05, 0.1) is 13.7 Å². The van der Waals surface area contributed by atoms with E-state index in [-0.39, 0.29) is 0 Å². The van der Waals surface area contributed by atoms with Crippen molar-refractivity contribution in [2.75, 3.05) is 13.7 Å². The van der Waals surface area contributed by atoms with Crippen LogP contribution in [0.5, 0.6) is 5.88 Å². The van der Waals surface area contributed by atoms with Crippen molar-refractivity contribution >= 4 is 0 Å². The molecule has 4 nitrogen and oxygen atoms in total. The monoisotopic (exact) mass is 287 g/mol. The zero-order chi connectivity index (χ0) is 15.1. The predicted molar refractivity (Wildman–Crippen MR) is 85.6 cm³/mol. The molecule has 0 aliphatic carbocycles. The summed E-state index contributed by atoms with van der Waals surface area (Å²) in [6.45, 7) is 6.25. The summed E-state index contributed by atoms with van der Waals surface area (Å²) in [7, 11) is 1.66. The molecule has 2 aromatic rings. The fourth-order valence-corrected chi connectivity index (χ4v) is 2.51. The third kappa shape index (κ3) is 4.08. The molecule has 2 aromatic heterocycles. The van der Waals surface area contributed by atoms with E-state index in [9.17, 15) is 0 Å². The molecule has 0 spiro atoms. The Bertz CT molecular complexity index is 550. The maximum absolute atomic E-state index is 5.31. The van der Waals surface area contributed by atoms with Crippen molar-refractivity contribution in [3.63, 3.8) is 0 Å². The third-order valence-electron chi connectivity index (χ3n) is 3.62. The number of pyridine rings is 1. The van der Waals surface area contributed by atoms with Gasteiger partial charge >= 0.3 is 0 Å². The molecule has 0 aliphatic heterocycles. The number of rotatable bonds is 8. The highest BCUT2D eigenvalue weighted by molar-refractivity contribution is 5.26. The molecule has 1 atom stereocenters. The summed E-state index contributed by atoms with van der Waals surface area (Å²) in [6.07, 6.45) is 8.34. The van der Waals surface area contributed by atoms with Gasteiger partial charge in [-0.15, -0.1) is 0 Å². The summed E-state index contributed by atoms with van der Waals surface area (Å²) in [5.74, 6) is 0.698. The average Bonchev–Trinajstić information content (AvgIpc) is 2.97. The molecule has 114 valence electrons. The van der Waals surface area contributed by atoms with Crippen LogP contribution in [-0.4, -0.2) is 23.2 Å². The standard InChI is InChI=1S/C17H25N3O/c1-4-9-18-16(5-2)14-8-11-20(12-14)13-15-7-6-10-19-17(15)21-3/h6-8,10-12,16,18H,4-5,9,13H2,1-3H3. The second kappa shape index (κ2) is 7.84. The molecule has 0 bridgehead atoms. The van der Waals surface area contributed by atoms with Crippen LogP contribution in [0.4, 0.5) is 0 Å². The maximum atomic E-state index is 5.31. The van der Waals surface area contributed by atoms with Gasteiger partial charge in [-0.05, 0) is 37.1 Å². The molecule has 0 aromatic carbocycles. The Labute approximate surface area is 127 Å². The molecule has 0 amide bonds. The molecule has 2 heterocycles. The Kier molecular flexibility index (Phi) is 5.81. The number of methoxy groups -OCH3 is 1. The SMILES string of the molecule is CCCNC(CC)c1ccn(Cc2cccnc2OC)c1. The van der Waals surface area contributed by atoms with Gasteiger partial charge < -0.3 is 14.6 Å². The zero-order valence-electron chi connectivity index (χ0n) is 13.2. The van der Waals surface area contributed by atoms with E-state index in [1.165, 1.54) is 5.56 Å². The van der Waals surface area contributed by atoms with Crippen LogP contribution in [0.15, 0.2) is 36.8 Å². The maximum Gasteiger partial charge on any atom is 0.218 e. The molecular formula is C17H25N3O. The molecule has 0 radical (unpaired) electrons. The van der Waals surface area contributed by atoms with Crippen molar-refractivity contribution in [3.05, 3.63) is 47.9 Å². The number of ether oxygens (including phenoxy) is 1. The number of nitrogens with one attached hydrogen (secondary N) is 1. The Morgan fingerprint density at radius 2 is 2.19 bits per heavy atom. The zero-order valence-corrected chi connectivity index (χ0v) is 13.2. The first kappa shape index (κ1) is 15.6. The Balaban J connectivity index is 2.08. The summed E-state index contributed by atoms with van der Waals surface area (Å²) in [4.78, 5) is 4.24. The smallest absolute Gasteiger partial charge is 0.218 e. The minimum Gasteiger partial charge on any atom is -0.481 e. The van der Waals surface area contributed by atoms with Gasteiger partial charge in [0.2, 0.25) is 5.88 Å². The summed E-state index contributed by atoms with van der Waals surface area (Å²) in [5, 5.41) is 3.58. The minimum absolute atomic E-state index is 0.432. The minimum atomic E-state index is 0.432. The second-order valence-electron chi connectivity index (χ2n) is 5.20. The van der Waals surface area contributed by atoms with Crippen LogP contribution >= 0.6 is 0 Å². The van der Waals surface area contributed by atoms with E-state index < -0.39 is 0 Å². The first-order valence-electron chi connectivity index (χ1n) is 7.65. The third-order valence-corrected chi connectivity index (χ3v) is 3.62. The lowest BCUT2D eigenvalue weighted by molar-refractivity contribution is 0.391. The Morgan fingerprint density at radius 3 is 2.90 bits per heavy atom. The average molecular weight is 287 g/mol. The van der Waals surface area contributed by atoms with Crippen LogP contribution in [0.2, 0.25) is 0 Å². The summed E-state index contributed by atoms with van der Waals surface area (Å²) in [5.41, 5.74) is 2.44. The van der Waals surface area contributed by atoms with Gasteiger partial charge in [-0.2, -0.15) is 0 Å². The molecule has 1 unspecified atom stereocenters. The highest BCUT2D eigenvalue weighted by atomic mass is 16.5. The van der Waals surface area contributed by atoms with Crippen molar-refractivity contribution in [1.29, 1.82) is 0 Å². The summed E-state index contributed by atoms with van der Waals surface area (Å²) < 4.78 is 7.49. The predicted octanol–water partition coefficient (Wildman–Crippen LogP) is 3.39. The van der Waals surface area contributed by atoms with Gasteiger partial charge in [0.25, 0.3) is 0 Å². The fraction of sp³-hybridized carbons (Fsp3) is 0.471. The Hall–Kier alpha value is -1.81. The first-order valence-corrected chi connectivity index (χ1v) is 7.65. The topological polar surface area (TPSA) is 39.1 Å². The fourth-order valence-electron chi connectivity index (χ4n) is 2.51. The van der Waals surface area contributed by atoms with Crippen molar-refractivity contribution in [3.8, 4) is 5.88 Å². The van der Waals surface area contributed by atoms with Crippen molar-refractivity contribution < 1.29 is 4.74 Å². The highest BCUT2D eigenvalue weighted by Crippen LogP contribution is 2.20. The molecular weight excluding hydrogens is 262 g/mol. The number of hydrogen-bond acceptors (Lipinski definition) is 3. The van der Waals surface area contributed by atoms with E-state index in [2.05, 4.69) is 53.2 Å². The van der Waals surface area contributed by atoms with E-state index in [0.717, 1.165) is 31.5 Å². The second-order valence-corrected chi connectivity index (χ2v) is 5.20. The van der Waals surface area contributed by atoms with E-state index in [1.807, 2.05) is 6.07 Å². The number of hydrogen-bond donors (Lipinski definition) is 1. The lowest BCUT2D eigenvalue weighted by Crippen LogP contribution is -2.21. The number of nitrogens with zero attached hydrogens (tertiary/aromatic N) is 2. The Morgan fingerprint density at radius 1 is 1.33 bits per heavy atom. The van der Waals surface area contributed by atoms with Crippen molar-refractivity contribution in [1.82, 2.24) is 14.9 Å². The molecule has 1 N–H and O–H groups in total. The van der Waals surface area contributed by atoms with Gasteiger partial charge in [0, 0.05) is 30.2 Å². The van der Waals surface area contributed by atoms with Crippen LogP contribution in [0.25, 0.3) is 0 Å². The summed E-state index contributed by atoms with van der Waals surface area (Å²) >= 11 is 0. The molecule has 4 heteroatoms. The molecule has 21 heavy (non-hydrogen) atoms. The van der Waals surface area contributed by atoms with E-state index in [0.29, 0.717) is 11.9 Å². The van der Waals surface area contributed by atoms with E-state index in [1.54, 1.807) is 13.3 Å². The first-order chi connectivity index (χ1) is 10.3. The summed E-state index contributed by atoms with van der Waals surface area (Å²) in [6, 6.07) is 6.62. The van der Waals surface area contributed by atoms with Crippen LogP contribution in [0.1, 0.15) is 43.9 Å². The van der Waals surface area contributed by atoms with Gasteiger partial charge in [-0.25, -0.2) is 4.98 Å². The normalized spacial score (nSPS) is 12.3. The largest absolute Gasteiger partial charge is 0.481 e. The highest BCUT2D eigenvalue weighted by Gasteiger charge is 2.10. The van der Waals surface area contributed by atoms with E-state index in [4.69, 9.17) is 4.74 Å². The van der Waals surface area contributed by atoms with Gasteiger partial charge in [-0.3, -0.25) is 0 Å². The number of aromatic nitrogens is 2. The lowest BCUT2D eigenvalue weighted by atomic mass is 10.1. The van der Waals surface area contributed by atoms with Crippen LogP contribution < -0.4 is 10.1 Å². The van der Waals surface area contributed by atoms with Crippen LogP contribution in [-0.2, 0) is 6.54 Å². The van der Waals surface area contributed by atoms with E-state index >= 15 is 0 Å². The van der Waals surface area contributed by atoms with Crippen LogP contribution in [0, 0.1) is 0 Å². The van der Waals surface area contributed by atoms with Crippen LogP contribution in [0.3, 0.4) is 0 Å².